The molecule has 0 saturated heterocycles. The Morgan fingerprint density at radius 1 is 1.35 bits per heavy atom. The van der Waals surface area contributed by atoms with Crippen molar-refractivity contribution in [2.75, 3.05) is 0 Å². The van der Waals surface area contributed by atoms with Crippen molar-refractivity contribution in [1.29, 1.82) is 0 Å². The smallest absolute Gasteiger partial charge is 0.176 e. The highest BCUT2D eigenvalue weighted by atomic mass is 127. The molecule has 1 heterocycles. The Labute approximate surface area is 116 Å². The fourth-order valence-corrected chi connectivity index (χ4v) is 4.51. The molecule has 0 amide bonds. The maximum Gasteiger partial charge on any atom is 0.176 e. The number of fused-ring (bicyclic) bond motifs is 1. The van der Waals surface area contributed by atoms with E-state index in [0.717, 1.165) is 39.5 Å². The summed E-state index contributed by atoms with van der Waals surface area (Å²) in [4.78, 5) is 0. The van der Waals surface area contributed by atoms with E-state index < -0.39 is 9.84 Å². The SMILES string of the molecule is CCCCC1=CS(=O)(=O)Cc2c(I)cccc21. The lowest BCUT2D eigenvalue weighted by molar-refractivity contribution is 0.603. The summed E-state index contributed by atoms with van der Waals surface area (Å²) in [5.74, 6) is 0.150. The van der Waals surface area contributed by atoms with Gasteiger partial charge in [-0.1, -0.05) is 25.5 Å². The van der Waals surface area contributed by atoms with Gasteiger partial charge in [0.15, 0.2) is 9.84 Å². The molecule has 0 fully saturated rings. The van der Waals surface area contributed by atoms with E-state index in [2.05, 4.69) is 29.5 Å². The van der Waals surface area contributed by atoms with Gasteiger partial charge in [0.05, 0.1) is 5.75 Å². The van der Waals surface area contributed by atoms with Crippen LogP contribution in [0.15, 0.2) is 23.6 Å². The number of benzene rings is 1. The van der Waals surface area contributed by atoms with Gasteiger partial charge in [0.2, 0.25) is 0 Å². The summed E-state index contributed by atoms with van der Waals surface area (Å²) in [7, 11) is -3.07. The standard InChI is InChI=1S/C13H15IO2S/c1-2-3-5-10-8-17(15,16)9-12-11(10)6-4-7-13(12)14/h4,6-8H,2-3,5,9H2,1H3. The zero-order valence-electron chi connectivity index (χ0n) is 9.74. The molecule has 1 aromatic rings. The lowest BCUT2D eigenvalue weighted by Gasteiger charge is -2.19. The van der Waals surface area contributed by atoms with Gasteiger partial charge < -0.3 is 0 Å². The molecule has 2 rings (SSSR count). The van der Waals surface area contributed by atoms with Crippen LogP contribution in [0, 0.1) is 3.57 Å². The number of halogens is 1. The molecule has 0 saturated carbocycles. The van der Waals surface area contributed by atoms with Gasteiger partial charge in [-0.15, -0.1) is 0 Å². The number of sulfone groups is 1. The third-order valence-electron chi connectivity index (χ3n) is 2.93. The largest absolute Gasteiger partial charge is 0.224 e. The van der Waals surface area contributed by atoms with Gasteiger partial charge in [0.25, 0.3) is 0 Å². The molecule has 92 valence electrons. The van der Waals surface area contributed by atoms with E-state index in [4.69, 9.17) is 0 Å². The summed E-state index contributed by atoms with van der Waals surface area (Å²) >= 11 is 2.22. The number of allylic oxidation sites excluding steroid dienone is 1. The topological polar surface area (TPSA) is 34.1 Å². The average Bonchev–Trinajstić information content (AvgIpc) is 2.26. The summed E-state index contributed by atoms with van der Waals surface area (Å²) in [6, 6.07) is 6.00. The summed E-state index contributed by atoms with van der Waals surface area (Å²) in [6.07, 6.45) is 2.96. The zero-order valence-corrected chi connectivity index (χ0v) is 12.7. The first-order chi connectivity index (χ1) is 8.03. The van der Waals surface area contributed by atoms with Crippen molar-refractivity contribution < 1.29 is 8.42 Å². The van der Waals surface area contributed by atoms with Crippen LogP contribution in [-0.2, 0) is 15.6 Å². The monoisotopic (exact) mass is 362 g/mol. The maximum atomic E-state index is 11.9. The predicted octanol–water partition coefficient (Wildman–Crippen LogP) is 3.75. The van der Waals surface area contributed by atoms with Crippen LogP contribution in [0.2, 0.25) is 0 Å². The van der Waals surface area contributed by atoms with E-state index in [-0.39, 0.29) is 5.75 Å². The zero-order chi connectivity index (χ0) is 12.5. The Morgan fingerprint density at radius 3 is 2.82 bits per heavy atom. The third-order valence-corrected chi connectivity index (χ3v) is 5.28. The quantitative estimate of drug-likeness (QED) is 0.768. The fraction of sp³-hybridized carbons (Fsp3) is 0.385. The van der Waals surface area contributed by atoms with Gasteiger partial charge in [0, 0.05) is 8.98 Å². The molecule has 0 aromatic heterocycles. The molecule has 0 N–H and O–H groups in total. The lowest BCUT2D eigenvalue weighted by Crippen LogP contribution is -2.11. The third kappa shape index (κ3) is 2.91. The second-order valence-corrected chi connectivity index (χ2v) is 7.33. The van der Waals surface area contributed by atoms with Crippen LogP contribution in [-0.4, -0.2) is 8.42 Å². The molecule has 1 aliphatic heterocycles. The molecule has 0 unspecified atom stereocenters. The average molecular weight is 362 g/mol. The molecule has 1 aromatic carbocycles. The van der Waals surface area contributed by atoms with Crippen LogP contribution in [0.3, 0.4) is 0 Å². The van der Waals surface area contributed by atoms with E-state index >= 15 is 0 Å². The molecule has 0 atom stereocenters. The van der Waals surface area contributed by atoms with E-state index in [0.29, 0.717) is 0 Å². The highest BCUT2D eigenvalue weighted by Crippen LogP contribution is 2.33. The van der Waals surface area contributed by atoms with Gasteiger partial charge in [-0.3, -0.25) is 0 Å². The minimum atomic E-state index is -3.07. The minimum absolute atomic E-state index is 0.150. The van der Waals surface area contributed by atoms with E-state index in [1.54, 1.807) is 0 Å². The Balaban J connectivity index is 2.50. The maximum absolute atomic E-state index is 11.9. The molecule has 4 heteroatoms. The molecule has 1 aliphatic rings. The molecular formula is C13H15IO2S. The molecular weight excluding hydrogens is 347 g/mol. The van der Waals surface area contributed by atoms with Crippen molar-refractivity contribution in [3.8, 4) is 0 Å². The molecule has 0 aliphatic carbocycles. The summed E-state index contributed by atoms with van der Waals surface area (Å²) in [5.41, 5.74) is 3.08. The highest BCUT2D eigenvalue weighted by Gasteiger charge is 2.23. The van der Waals surface area contributed by atoms with Crippen molar-refractivity contribution in [1.82, 2.24) is 0 Å². The normalized spacial score (nSPS) is 17.4. The van der Waals surface area contributed by atoms with Crippen LogP contribution in [0.25, 0.3) is 5.57 Å². The first-order valence-corrected chi connectivity index (χ1v) is 8.54. The number of hydrogen-bond donors (Lipinski definition) is 0. The van der Waals surface area contributed by atoms with E-state index in [9.17, 15) is 8.42 Å². The predicted molar refractivity (Wildman–Crippen MR) is 79.3 cm³/mol. The Bertz CT molecular complexity index is 559. The van der Waals surface area contributed by atoms with Crippen LogP contribution in [0.5, 0.6) is 0 Å². The molecule has 0 bridgehead atoms. The van der Waals surface area contributed by atoms with Crippen LogP contribution >= 0.6 is 22.6 Å². The van der Waals surface area contributed by atoms with Gasteiger partial charge in [0.1, 0.15) is 0 Å². The lowest BCUT2D eigenvalue weighted by atomic mass is 9.97. The van der Waals surface area contributed by atoms with Crippen molar-refractivity contribution in [2.24, 2.45) is 0 Å². The van der Waals surface area contributed by atoms with Crippen molar-refractivity contribution >= 4 is 38.0 Å². The minimum Gasteiger partial charge on any atom is -0.224 e. The van der Waals surface area contributed by atoms with Crippen LogP contribution in [0.4, 0.5) is 0 Å². The van der Waals surface area contributed by atoms with Gasteiger partial charge in [-0.2, -0.15) is 0 Å². The Morgan fingerprint density at radius 2 is 2.12 bits per heavy atom. The van der Waals surface area contributed by atoms with Crippen molar-refractivity contribution in [3.63, 3.8) is 0 Å². The number of unbranched alkanes of at least 4 members (excludes halogenated alkanes) is 1. The second kappa shape index (κ2) is 5.10. The van der Waals surface area contributed by atoms with E-state index in [1.165, 1.54) is 5.41 Å². The summed E-state index contributed by atoms with van der Waals surface area (Å²) in [5, 5.41) is 1.47. The number of rotatable bonds is 3. The van der Waals surface area contributed by atoms with Crippen molar-refractivity contribution in [3.05, 3.63) is 38.3 Å². The molecule has 17 heavy (non-hydrogen) atoms. The fourth-order valence-electron chi connectivity index (χ4n) is 2.09. The van der Waals surface area contributed by atoms with Gasteiger partial charge >= 0.3 is 0 Å². The molecule has 0 radical (unpaired) electrons. The van der Waals surface area contributed by atoms with Crippen LogP contribution in [0.1, 0.15) is 37.3 Å². The second-order valence-electron chi connectivity index (χ2n) is 4.32. The Kier molecular flexibility index (Phi) is 3.92. The number of hydrogen-bond acceptors (Lipinski definition) is 2. The summed E-state index contributed by atoms with van der Waals surface area (Å²) in [6.45, 7) is 2.12. The molecule has 0 spiro atoms. The highest BCUT2D eigenvalue weighted by molar-refractivity contribution is 14.1. The first-order valence-electron chi connectivity index (χ1n) is 5.74. The van der Waals surface area contributed by atoms with Crippen molar-refractivity contribution in [2.45, 2.75) is 31.9 Å². The van der Waals surface area contributed by atoms with Crippen LogP contribution < -0.4 is 0 Å². The molecule has 2 nitrogen and oxygen atoms in total. The van der Waals surface area contributed by atoms with Gasteiger partial charge in [-0.25, -0.2) is 8.42 Å². The van der Waals surface area contributed by atoms with Gasteiger partial charge in [-0.05, 0) is 58.2 Å². The summed E-state index contributed by atoms with van der Waals surface area (Å²) < 4.78 is 24.8. The van der Waals surface area contributed by atoms with E-state index in [1.807, 2.05) is 18.2 Å². The Hall–Kier alpha value is -0.360. The first kappa shape index (κ1) is 13.1.